The molecule has 1 N–H and O–H groups in total. The number of non-ortho nitro benzene ring substituents is 1. The first-order chi connectivity index (χ1) is 8.04. The number of hydrogen-bond donors (Lipinski definition) is 1. The summed E-state index contributed by atoms with van der Waals surface area (Å²) in [6, 6.07) is 4.77. The molecule has 4 nitrogen and oxygen atoms in total. The van der Waals surface area contributed by atoms with Crippen LogP contribution in [0.1, 0.15) is 26.7 Å². The van der Waals surface area contributed by atoms with Gasteiger partial charge in [0, 0.05) is 28.8 Å². The Hall–Kier alpha value is -1.10. The van der Waals surface area contributed by atoms with Crippen molar-refractivity contribution in [1.29, 1.82) is 0 Å². The van der Waals surface area contributed by atoms with Crippen molar-refractivity contribution < 1.29 is 4.92 Å². The smallest absolute Gasteiger partial charge is 0.270 e. The Morgan fingerprint density at radius 3 is 2.76 bits per heavy atom. The molecule has 0 spiro atoms. The minimum atomic E-state index is -0.395. The van der Waals surface area contributed by atoms with Crippen molar-refractivity contribution in [1.82, 2.24) is 0 Å². The summed E-state index contributed by atoms with van der Waals surface area (Å²) in [4.78, 5) is 10.2. The molecule has 1 atom stereocenters. The molecule has 1 aromatic carbocycles. The summed E-state index contributed by atoms with van der Waals surface area (Å²) in [5.74, 6) is 0.599. The molecular weight excluding hydrogens is 284 g/mol. The van der Waals surface area contributed by atoms with Crippen LogP contribution in [-0.4, -0.2) is 11.5 Å². The molecule has 0 saturated carbocycles. The van der Waals surface area contributed by atoms with Gasteiger partial charge >= 0.3 is 0 Å². The van der Waals surface area contributed by atoms with E-state index in [1.807, 2.05) is 0 Å². The summed E-state index contributed by atoms with van der Waals surface area (Å²) in [5.41, 5.74) is 1.00. The molecule has 0 aliphatic carbocycles. The van der Waals surface area contributed by atoms with Gasteiger partial charge in [-0.3, -0.25) is 10.1 Å². The molecule has 94 valence electrons. The lowest BCUT2D eigenvalue weighted by Gasteiger charge is -2.13. The van der Waals surface area contributed by atoms with Crippen LogP contribution in [0.25, 0.3) is 0 Å². The molecule has 0 aromatic heterocycles. The molecule has 0 aliphatic heterocycles. The van der Waals surface area contributed by atoms with Crippen LogP contribution in [0.2, 0.25) is 0 Å². The number of nitro benzene ring substituents is 1. The molecule has 0 radical (unpaired) electrons. The molecule has 5 heteroatoms. The van der Waals surface area contributed by atoms with Gasteiger partial charge in [0.1, 0.15) is 0 Å². The molecule has 17 heavy (non-hydrogen) atoms. The van der Waals surface area contributed by atoms with Gasteiger partial charge in [0.15, 0.2) is 0 Å². The fourth-order valence-electron chi connectivity index (χ4n) is 1.64. The Balaban J connectivity index is 2.63. The highest BCUT2D eigenvalue weighted by atomic mass is 79.9. The van der Waals surface area contributed by atoms with Gasteiger partial charge in [0.25, 0.3) is 5.69 Å². The summed E-state index contributed by atoms with van der Waals surface area (Å²) >= 11 is 3.34. The van der Waals surface area contributed by atoms with Crippen LogP contribution in [0, 0.1) is 16.0 Å². The molecule has 1 aromatic rings. The number of hydrogen-bond acceptors (Lipinski definition) is 3. The van der Waals surface area contributed by atoms with Crippen LogP contribution < -0.4 is 5.32 Å². The summed E-state index contributed by atoms with van der Waals surface area (Å²) in [6.45, 7) is 5.23. The average Bonchev–Trinajstić information content (AvgIpc) is 2.27. The lowest BCUT2D eigenvalue weighted by Crippen LogP contribution is -2.11. The van der Waals surface area contributed by atoms with Gasteiger partial charge in [-0.25, -0.2) is 0 Å². The van der Waals surface area contributed by atoms with E-state index in [-0.39, 0.29) is 5.69 Å². The maximum absolute atomic E-state index is 10.6. The number of nitrogens with one attached hydrogen (secondary N) is 1. The quantitative estimate of drug-likeness (QED) is 0.632. The molecular formula is C12H17BrN2O2. The summed E-state index contributed by atoms with van der Waals surface area (Å²) in [7, 11) is 0. The number of rotatable bonds is 6. The van der Waals surface area contributed by atoms with Crippen molar-refractivity contribution in [2.75, 3.05) is 11.9 Å². The second-order valence-corrected chi connectivity index (χ2v) is 5.05. The summed E-state index contributed by atoms with van der Waals surface area (Å²) < 4.78 is 0.732. The Morgan fingerprint density at radius 1 is 1.53 bits per heavy atom. The Labute approximate surface area is 110 Å². The zero-order valence-corrected chi connectivity index (χ0v) is 11.7. The van der Waals surface area contributed by atoms with Gasteiger partial charge in [-0.1, -0.05) is 20.3 Å². The Bertz CT molecular complexity index is 396. The minimum absolute atomic E-state index is 0.101. The summed E-state index contributed by atoms with van der Waals surface area (Å²) in [5, 5.41) is 13.9. The highest BCUT2D eigenvalue weighted by molar-refractivity contribution is 9.10. The normalized spacial score (nSPS) is 12.2. The van der Waals surface area contributed by atoms with Gasteiger partial charge in [-0.2, -0.15) is 0 Å². The predicted molar refractivity (Wildman–Crippen MR) is 73.4 cm³/mol. The van der Waals surface area contributed by atoms with E-state index in [2.05, 4.69) is 35.1 Å². The summed E-state index contributed by atoms with van der Waals surface area (Å²) in [6.07, 6.45) is 2.35. The lowest BCUT2D eigenvalue weighted by molar-refractivity contribution is -0.384. The second-order valence-electron chi connectivity index (χ2n) is 4.20. The molecule has 0 fully saturated rings. The minimum Gasteiger partial charge on any atom is -0.384 e. The van der Waals surface area contributed by atoms with Gasteiger partial charge in [0.2, 0.25) is 0 Å². The van der Waals surface area contributed by atoms with Crippen LogP contribution in [0.3, 0.4) is 0 Å². The fraction of sp³-hybridized carbons (Fsp3) is 0.500. The largest absolute Gasteiger partial charge is 0.384 e. The highest BCUT2D eigenvalue weighted by Crippen LogP contribution is 2.27. The van der Waals surface area contributed by atoms with E-state index in [0.717, 1.165) is 16.7 Å². The first kappa shape index (κ1) is 14.0. The van der Waals surface area contributed by atoms with E-state index >= 15 is 0 Å². The monoisotopic (exact) mass is 300 g/mol. The fourth-order valence-corrected chi connectivity index (χ4v) is 2.15. The van der Waals surface area contributed by atoms with Crippen molar-refractivity contribution in [3.63, 3.8) is 0 Å². The van der Waals surface area contributed by atoms with Gasteiger partial charge in [-0.15, -0.1) is 0 Å². The van der Waals surface area contributed by atoms with Crippen molar-refractivity contribution in [3.8, 4) is 0 Å². The van der Waals surface area contributed by atoms with Crippen molar-refractivity contribution in [2.45, 2.75) is 26.7 Å². The second kappa shape index (κ2) is 6.59. The van der Waals surface area contributed by atoms with Crippen LogP contribution in [0.5, 0.6) is 0 Å². The molecule has 1 rings (SSSR count). The number of anilines is 1. The van der Waals surface area contributed by atoms with Crippen molar-refractivity contribution >= 4 is 27.3 Å². The third-order valence-corrected chi connectivity index (χ3v) is 3.24. The number of nitrogens with zero attached hydrogens (tertiary/aromatic N) is 1. The van der Waals surface area contributed by atoms with Gasteiger partial charge in [0.05, 0.1) is 4.92 Å². The Kier molecular flexibility index (Phi) is 5.41. The number of halogens is 1. The molecule has 0 heterocycles. The van der Waals surface area contributed by atoms with Crippen LogP contribution in [0.15, 0.2) is 22.7 Å². The molecule has 1 unspecified atom stereocenters. The topological polar surface area (TPSA) is 55.2 Å². The van der Waals surface area contributed by atoms with E-state index in [4.69, 9.17) is 0 Å². The number of nitro groups is 1. The van der Waals surface area contributed by atoms with Gasteiger partial charge in [-0.05, 0) is 34.3 Å². The van der Waals surface area contributed by atoms with E-state index in [0.29, 0.717) is 5.92 Å². The van der Waals surface area contributed by atoms with Crippen LogP contribution in [-0.2, 0) is 0 Å². The predicted octanol–water partition coefficient (Wildman–Crippen LogP) is 4.21. The lowest BCUT2D eigenvalue weighted by atomic mass is 10.1. The zero-order chi connectivity index (χ0) is 12.8. The maximum atomic E-state index is 10.6. The third kappa shape index (κ3) is 4.34. The standard InChI is InChI=1S/C12H17BrN2O2/c1-3-4-9(2)8-14-12-6-5-10(15(16)17)7-11(12)13/h5-7,9,14H,3-4,8H2,1-2H3. The van der Waals surface area contributed by atoms with Crippen LogP contribution in [0.4, 0.5) is 11.4 Å². The van der Waals surface area contributed by atoms with Crippen molar-refractivity contribution in [3.05, 3.63) is 32.8 Å². The maximum Gasteiger partial charge on any atom is 0.270 e. The van der Waals surface area contributed by atoms with E-state index < -0.39 is 4.92 Å². The Morgan fingerprint density at radius 2 is 2.24 bits per heavy atom. The first-order valence-electron chi connectivity index (χ1n) is 5.72. The van der Waals surface area contributed by atoms with E-state index in [9.17, 15) is 10.1 Å². The number of benzene rings is 1. The molecule has 0 aliphatic rings. The molecule has 0 saturated heterocycles. The first-order valence-corrected chi connectivity index (χ1v) is 6.51. The third-order valence-electron chi connectivity index (χ3n) is 2.59. The van der Waals surface area contributed by atoms with Crippen molar-refractivity contribution in [2.24, 2.45) is 5.92 Å². The zero-order valence-electron chi connectivity index (χ0n) is 10.1. The average molecular weight is 301 g/mol. The SMILES string of the molecule is CCCC(C)CNc1ccc([N+](=O)[O-])cc1Br. The van der Waals surface area contributed by atoms with Gasteiger partial charge < -0.3 is 5.32 Å². The van der Waals surface area contributed by atoms with E-state index in [1.54, 1.807) is 6.07 Å². The highest BCUT2D eigenvalue weighted by Gasteiger charge is 2.09. The molecule has 0 bridgehead atoms. The van der Waals surface area contributed by atoms with E-state index in [1.165, 1.54) is 25.0 Å². The molecule has 0 amide bonds. The van der Waals surface area contributed by atoms with Crippen LogP contribution >= 0.6 is 15.9 Å².